The van der Waals surface area contributed by atoms with Crippen molar-refractivity contribution >= 4 is 5.78 Å². The highest BCUT2D eigenvalue weighted by Crippen LogP contribution is 2.09. The summed E-state index contributed by atoms with van der Waals surface area (Å²) in [4.78, 5) is 15.8. The molecule has 2 heterocycles. The van der Waals surface area contributed by atoms with Gasteiger partial charge in [0.1, 0.15) is 12.2 Å². The van der Waals surface area contributed by atoms with E-state index in [1.54, 1.807) is 16.8 Å². The van der Waals surface area contributed by atoms with E-state index in [4.69, 9.17) is 4.42 Å². The highest BCUT2D eigenvalue weighted by atomic mass is 16.3. The van der Waals surface area contributed by atoms with Crippen LogP contribution in [0.5, 0.6) is 0 Å². The molecule has 0 aliphatic carbocycles. The predicted molar refractivity (Wildman–Crippen MR) is 57.1 cm³/mol. The third-order valence-corrected chi connectivity index (χ3v) is 2.25. The van der Waals surface area contributed by atoms with Gasteiger partial charge in [0.2, 0.25) is 5.78 Å². The second-order valence-corrected chi connectivity index (χ2v) is 3.79. The van der Waals surface area contributed by atoms with E-state index in [-0.39, 0.29) is 18.2 Å². The van der Waals surface area contributed by atoms with Crippen LogP contribution in [0.4, 0.5) is 0 Å². The van der Waals surface area contributed by atoms with Crippen molar-refractivity contribution in [3.63, 3.8) is 0 Å². The first-order valence-electron chi connectivity index (χ1n) is 5.13. The van der Waals surface area contributed by atoms with E-state index in [2.05, 4.69) is 10.1 Å². The van der Waals surface area contributed by atoms with E-state index >= 15 is 0 Å². The summed E-state index contributed by atoms with van der Waals surface area (Å²) in [6.45, 7) is 3.99. The Bertz CT molecular complexity index is 471. The maximum atomic E-state index is 11.8. The molecule has 5 heteroatoms. The van der Waals surface area contributed by atoms with E-state index in [1.807, 2.05) is 13.8 Å². The number of rotatable bonds is 4. The Balaban J connectivity index is 2.15. The van der Waals surface area contributed by atoms with E-state index in [0.29, 0.717) is 11.6 Å². The SMILES string of the molecule is CC(C)n1ncnc1CC(=O)c1ccco1. The molecule has 84 valence electrons. The molecule has 0 radical (unpaired) electrons. The first-order chi connectivity index (χ1) is 7.68. The minimum absolute atomic E-state index is 0.0834. The number of aromatic nitrogens is 3. The Morgan fingerprint density at radius 3 is 3.00 bits per heavy atom. The van der Waals surface area contributed by atoms with Crippen molar-refractivity contribution in [2.75, 3.05) is 0 Å². The van der Waals surface area contributed by atoms with Gasteiger partial charge in [-0.2, -0.15) is 5.10 Å². The van der Waals surface area contributed by atoms with Crippen LogP contribution in [0.25, 0.3) is 0 Å². The number of Topliss-reactive ketones (excluding diaryl/α,β-unsaturated/α-hetero) is 1. The molecule has 16 heavy (non-hydrogen) atoms. The van der Waals surface area contributed by atoms with Crippen molar-refractivity contribution in [3.8, 4) is 0 Å². The maximum Gasteiger partial charge on any atom is 0.205 e. The predicted octanol–water partition coefficient (Wildman–Crippen LogP) is 1.88. The van der Waals surface area contributed by atoms with Crippen LogP contribution < -0.4 is 0 Å². The molecular weight excluding hydrogens is 206 g/mol. The second-order valence-electron chi connectivity index (χ2n) is 3.79. The summed E-state index contributed by atoms with van der Waals surface area (Å²) in [5.74, 6) is 0.939. The van der Waals surface area contributed by atoms with Crippen LogP contribution in [0.3, 0.4) is 0 Å². The Labute approximate surface area is 93.1 Å². The molecule has 2 aromatic rings. The van der Waals surface area contributed by atoms with Crippen LogP contribution in [0.2, 0.25) is 0 Å². The quantitative estimate of drug-likeness (QED) is 0.736. The van der Waals surface area contributed by atoms with Gasteiger partial charge in [-0.05, 0) is 26.0 Å². The summed E-state index contributed by atoms with van der Waals surface area (Å²) < 4.78 is 6.77. The zero-order valence-corrected chi connectivity index (χ0v) is 9.25. The number of carbonyl (C=O) groups excluding carboxylic acids is 1. The van der Waals surface area contributed by atoms with Gasteiger partial charge < -0.3 is 4.42 Å². The van der Waals surface area contributed by atoms with Crippen LogP contribution in [0, 0.1) is 0 Å². The lowest BCUT2D eigenvalue weighted by Crippen LogP contribution is -2.12. The average Bonchev–Trinajstić information content (AvgIpc) is 2.86. The first kappa shape index (κ1) is 10.6. The fraction of sp³-hybridized carbons (Fsp3) is 0.364. The largest absolute Gasteiger partial charge is 0.461 e. The van der Waals surface area contributed by atoms with Crippen molar-refractivity contribution in [1.29, 1.82) is 0 Å². The minimum Gasteiger partial charge on any atom is -0.461 e. The zero-order chi connectivity index (χ0) is 11.5. The fourth-order valence-electron chi connectivity index (χ4n) is 1.50. The lowest BCUT2D eigenvalue weighted by atomic mass is 10.2. The Morgan fingerprint density at radius 2 is 2.38 bits per heavy atom. The number of carbonyl (C=O) groups is 1. The molecule has 0 N–H and O–H groups in total. The Kier molecular flexibility index (Phi) is 2.85. The van der Waals surface area contributed by atoms with Gasteiger partial charge in [0, 0.05) is 6.04 Å². The molecule has 0 saturated heterocycles. The summed E-state index contributed by atoms with van der Waals surface area (Å²) >= 11 is 0. The lowest BCUT2D eigenvalue weighted by Gasteiger charge is -2.07. The van der Waals surface area contributed by atoms with Crippen LogP contribution >= 0.6 is 0 Å². The molecule has 5 nitrogen and oxygen atoms in total. The molecular formula is C11H13N3O2. The number of hydrogen-bond donors (Lipinski definition) is 0. The first-order valence-corrected chi connectivity index (χ1v) is 5.13. The number of nitrogens with zero attached hydrogens (tertiary/aromatic N) is 3. The monoisotopic (exact) mass is 219 g/mol. The third kappa shape index (κ3) is 2.03. The Morgan fingerprint density at radius 1 is 1.56 bits per heavy atom. The van der Waals surface area contributed by atoms with Crippen LogP contribution in [0.1, 0.15) is 36.3 Å². The smallest absolute Gasteiger partial charge is 0.205 e. The third-order valence-electron chi connectivity index (χ3n) is 2.25. The lowest BCUT2D eigenvalue weighted by molar-refractivity contribution is 0.0962. The van der Waals surface area contributed by atoms with Gasteiger partial charge in [0.25, 0.3) is 0 Å². The maximum absolute atomic E-state index is 11.8. The molecule has 0 fully saturated rings. The molecule has 0 atom stereocenters. The highest BCUT2D eigenvalue weighted by molar-refractivity contribution is 5.94. The molecule has 2 aromatic heterocycles. The zero-order valence-electron chi connectivity index (χ0n) is 9.25. The average molecular weight is 219 g/mol. The van der Waals surface area contributed by atoms with Gasteiger partial charge in [-0.3, -0.25) is 4.79 Å². The normalized spacial score (nSPS) is 10.9. The van der Waals surface area contributed by atoms with Crippen molar-refractivity contribution < 1.29 is 9.21 Å². The number of furan rings is 1. The van der Waals surface area contributed by atoms with Gasteiger partial charge in [-0.25, -0.2) is 9.67 Å². The molecule has 2 rings (SSSR count). The van der Waals surface area contributed by atoms with E-state index in [1.165, 1.54) is 12.6 Å². The molecule has 0 bridgehead atoms. The summed E-state index contributed by atoms with van der Waals surface area (Å²) in [7, 11) is 0. The summed E-state index contributed by atoms with van der Waals surface area (Å²) in [6, 6.07) is 3.54. The number of hydrogen-bond acceptors (Lipinski definition) is 4. The Hall–Kier alpha value is -1.91. The van der Waals surface area contributed by atoms with Gasteiger partial charge in [-0.1, -0.05) is 0 Å². The van der Waals surface area contributed by atoms with Gasteiger partial charge >= 0.3 is 0 Å². The molecule has 0 amide bonds. The van der Waals surface area contributed by atoms with Crippen LogP contribution in [-0.4, -0.2) is 20.5 Å². The molecule has 0 unspecified atom stereocenters. The van der Waals surface area contributed by atoms with Crippen molar-refractivity contribution in [2.24, 2.45) is 0 Å². The standard InChI is InChI=1S/C11H13N3O2/c1-8(2)14-11(12-7-13-14)6-9(15)10-4-3-5-16-10/h3-5,7-8H,6H2,1-2H3. The summed E-state index contributed by atoms with van der Waals surface area (Å²) in [6.07, 6.45) is 3.16. The van der Waals surface area contributed by atoms with E-state index in [9.17, 15) is 4.79 Å². The van der Waals surface area contributed by atoms with Gasteiger partial charge in [0.05, 0.1) is 12.7 Å². The van der Waals surface area contributed by atoms with Crippen molar-refractivity contribution in [2.45, 2.75) is 26.3 Å². The summed E-state index contributed by atoms with van der Waals surface area (Å²) in [5.41, 5.74) is 0. The molecule has 0 saturated carbocycles. The van der Waals surface area contributed by atoms with Gasteiger partial charge in [-0.15, -0.1) is 0 Å². The fourth-order valence-corrected chi connectivity index (χ4v) is 1.50. The topological polar surface area (TPSA) is 60.9 Å². The van der Waals surface area contributed by atoms with E-state index < -0.39 is 0 Å². The minimum atomic E-state index is -0.0834. The molecule has 0 aliphatic heterocycles. The highest BCUT2D eigenvalue weighted by Gasteiger charge is 2.15. The molecule has 0 spiro atoms. The van der Waals surface area contributed by atoms with Crippen LogP contribution in [0.15, 0.2) is 29.1 Å². The van der Waals surface area contributed by atoms with Crippen molar-refractivity contribution in [1.82, 2.24) is 14.8 Å². The van der Waals surface area contributed by atoms with Gasteiger partial charge in [0.15, 0.2) is 5.76 Å². The number of ketones is 1. The van der Waals surface area contributed by atoms with E-state index in [0.717, 1.165) is 0 Å². The van der Waals surface area contributed by atoms with Crippen LogP contribution in [-0.2, 0) is 6.42 Å². The molecule has 0 aliphatic rings. The summed E-state index contributed by atoms with van der Waals surface area (Å²) in [5, 5.41) is 4.07. The molecule has 0 aromatic carbocycles. The van der Waals surface area contributed by atoms with Crippen molar-refractivity contribution in [3.05, 3.63) is 36.3 Å². The second kappa shape index (κ2) is 4.30.